The Balaban J connectivity index is 2.04. The summed E-state index contributed by atoms with van der Waals surface area (Å²) in [6.45, 7) is 0. The van der Waals surface area contributed by atoms with Crippen LogP contribution in [0.4, 0.5) is 5.69 Å². The Kier molecular flexibility index (Phi) is 2.57. The van der Waals surface area contributed by atoms with Gasteiger partial charge in [0.2, 0.25) is 0 Å². The Morgan fingerprint density at radius 3 is 2.89 bits per heavy atom. The SMILES string of the molecule is Nc1ccc(Cl)cc1Oc1noc2ccccc12. The van der Waals surface area contributed by atoms with Gasteiger partial charge < -0.3 is 15.0 Å². The van der Waals surface area contributed by atoms with E-state index in [0.717, 1.165) is 5.39 Å². The van der Waals surface area contributed by atoms with E-state index in [2.05, 4.69) is 5.16 Å². The van der Waals surface area contributed by atoms with Crippen LogP contribution in [0.25, 0.3) is 11.0 Å². The number of benzene rings is 2. The fourth-order valence-electron chi connectivity index (χ4n) is 1.64. The molecule has 5 heteroatoms. The molecule has 0 fully saturated rings. The lowest BCUT2D eigenvalue weighted by Crippen LogP contribution is -1.92. The number of halogens is 1. The molecule has 0 aliphatic carbocycles. The average molecular weight is 261 g/mol. The van der Waals surface area contributed by atoms with Gasteiger partial charge in [0.25, 0.3) is 5.88 Å². The monoisotopic (exact) mass is 260 g/mol. The minimum absolute atomic E-state index is 0.375. The van der Waals surface area contributed by atoms with Crippen molar-refractivity contribution in [3.05, 3.63) is 47.5 Å². The molecule has 0 atom stereocenters. The summed E-state index contributed by atoms with van der Waals surface area (Å²) in [5.74, 6) is 0.834. The summed E-state index contributed by atoms with van der Waals surface area (Å²) in [6, 6.07) is 12.4. The largest absolute Gasteiger partial charge is 0.434 e. The third-order valence-corrected chi connectivity index (χ3v) is 2.76. The van der Waals surface area contributed by atoms with E-state index in [4.69, 9.17) is 26.6 Å². The van der Waals surface area contributed by atoms with Gasteiger partial charge in [-0.2, -0.15) is 0 Å². The van der Waals surface area contributed by atoms with Crippen molar-refractivity contribution in [2.45, 2.75) is 0 Å². The number of para-hydroxylation sites is 1. The zero-order chi connectivity index (χ0) is 12.5. The lowest BCUT2D eigenvalue weighted by Gasteiger charge is -2.05. The maximum atomic E-state index is 5.90. The lowest BCUT2D eigenvalue weighted by atomic mass is 10.2. The Morgan fingerprint density at radius 2 is 2.00 bits per heavy atom. The molecule has 3 aromatic rings. The van der Waals surface area contributed by atoms with Crippen LogP contribution in [-0.4, -0.2) is 5.16 Å². The normalized spacial score (nSPS) is 10.7. The molecular weight excluding hydrogens is 252 g/mol. The zero-order valence-electron chi connectivity index (χ0n) is 9.26. The molecule has 0 saturated carbocycles. The van der Waals surface area contributed by atoms with E-state index < -0.39 is 0 Å². The van der Waals surface area contributed by atoms with Crippen molar-refractivity contribution in [3.8, 4) is 11.6 Å². The maximum Gasteiger partial charge on any atom is 0.267 e. The third kappa shape index (κ3) is 1.87. The van der Waals surface area contributed by atoms with Gasteiger partial charge in [0.1, 0.15) is 0 Å². The highest BCUT2D eigenvalue weighted by atomic mass is 35.5. The molecule has 0 aliphatic heterocycles. The lowest BCUT2D eigenvalue weighted by molar-refractivity contribution is 0.385. The van der Waals surface area contributed by atoms with Crippen LogP contribution in [0.3, 0.4) is 0 Å². The second kappa shape index (κ2) is 4.23. The number of aromatic nitrogens is 1. The summed E-state index contributed by atoms with van der Waals surface area (Å²) in [4.78, 5) is 0. The van der Waals surface area contributed by atoms with Crippen molar-refractivity contribution in [1.82, 2.24) is 5.16 Å². The van der Waals surface area contributed by atoms with Crippen LogP contribution in [0.5, 0.6) is 11.6 Å². The van der Waals surface area contributed by atoms with Crippen LogP contribution in [-0.2, 0) is 0 Å². The molecule has 18 heavy (non-hydrogen) atoms. The molecule has 0 radical (unpaired) electrons. The first kappa shape index (κ1) is 10.9. The Morgan fingerprint density at radius 1 is 1.17 bits per heavy atom. The first-order valence-corrected chi connectivity index (χ1v) is 5.69. The summed E-state index contributed by atoms with van der Waals surface area (Å²) >= 11 is 5.90. The van der Waals surface area contributed by atoms with E-state index in [1.165, 1.54) is 0 Å². The van der Waals surface area contributed by atoms with E-state index in [1.807, 2.05) is 24.3 Å². The van der Waals surface area contributed by atoms with Gasteiger partial charge in [-0.3, -0.25) is 0 Å². The van der Waals surface area contributed by atoms with E-state index in [-0.39, 0.29) is 0 Å². The minimum Gasteiger partial charge on any atom is -0.434 e. The number of hydrogen-bond acceptors (Lipinski definition) is 4. The van der Waals surface area contributed by atoms with Crippen LogP contribution in [0.2, 0.25) is 5.02 Å². The molecule has 90 valence electrons. The number of ether oxygens (including phenoxy) is 1. The second-order valence-electron chi connectivity index (χ2n) is 3.77. The number of fused-ring (bicyclic) bond motifs is 1. The highest BCUT2D eigenvalue weighted by Gasteiger charge is 2.11. The molecule has 0 saturated heterocycles. The molecule has 2 aromatic carbocycles. The van der Waals surface area contributed by atoms with Crippen LogP contribution in [0.1, 0.15) is 0 Å². The maximum absolute atomic E-state index is 5.90. The van der Waals surface area contributed by atoms with E-state index >= 15 is 0 Å². The van der Waals surface area contributed by atoms with Crippen LogP contribution >= 0.6 is 11.6 Å². The summed E-state index contributed by atoms with van der Waals surface area (Å²) in [6.07, 6.45) is 0. The van der Waals surface area contributed by atoms with Crippen molar-refractivity contribution in [3.63, 3.8) is 0 Å². The topological polar surface area (TPSA) is 61.3 Å². The molecule has 3 rings (SSSR count). The molecule has 0 spiro atoms. The van der Waals surface area contributed by atoms with Crippen molar-refractivity contribution < 1.29 is 9.26 Å². The standard InChI is InChI=1S/C13H9ClN2O2/c14-8-5-6-10(15)12(7-8)17-13-9-3-1-2-4-11(9)18-16-13/h1-7H,15H2. The van der Waals surface area contributed by atoms with Crippen LogP contribution in [0, 0.1) is 0 Å². The molecular formula is C13H9ClN2O2. The van der Waals surface area contributed by atoms with Gasteiger partial charge in [-0.25, -0.2) is 0 Å². The average Bonchev–Trinajstić information content (AvgIpc) is 2.78. The van der Waals surface area contributed by atoms with Gasteiger partial charge in [-0.05, 0) is 29.4 Å². The van der Waals surface area contributed by atoms with Gasteiger partial charge in [0.05, 0.1) is 11.1 Å². The molecule has 0 amide bonds. The van der Waals surface area contributed by atoms with Crippen molar-refractivity contribution >= 4 is 28.3 Å². The number of nitrogen functional groups attached to an aromatic ring is 1. The molecule has 0 aliphatic rings. The smallest absolute Gasteiger partial charge is 0.267 e. The van der Waals surface area contributed by atoms with E-state index in [1.54, 1.807) is 18.2 Å². The summed E-state index contributed by atoms with van der Waals surface area (Å²) < 4.78 is 10.8. The van der Waals surface area contributed by atoms with Gasteiger partial charge in [-0.15, -0.1) is 0 Å². The van der Waals surface area contributed by atoms with Crippen molar-refractivity contribution in [2.75, 3.05) is 5.73 Å². The predicted molar refractivity (Wildman–Crippen MR) is 69.9 cm³/mol. The van der Waals surface area contributed by atoms with E-state index in [9.17, 15) is 0 Å². The van der Waals surface area contributed by atoms with Gasteiger partial charge in [0.15, 0.2) is 11.3 Å². The molecule has 0 unspecified atom stereocenters. The molecule has 2 N–H and O–H groups in total. The Labute approximate surface area is 108 Å². The summed E-state index contributed by atoms with van der Waals surface area (Å²) in [5.41, 5.74) is 6.96. The zero-order valence-corrected chi connectivity index (χ0v) is 10.0. The van der Waals surface area contributed by atoms with Crippen LogP contribution in [0.15, 0.2) is 47.0 Å². The quantitative estimate of drug-likeness (QED) is 0.711. The molecule has 1 heterocycles. The fraction of sp³-hybridized carbons (Fsp3) is 0. The fourth-order valence-corrected chi connectivity index (χ4v) is 1.80. The van der Waals surface area contributed by atoms with Gasteiger partial charge >= 0.3 is 0 Å². The first-order chi connectivity index (χ1) is 8.74. The Bertz CT molecular complexity index is 709. The number of anilines is 1. The first-order valence-electron chi connectivity index (χ1n) is 5.31. The number of nitrogens with two attached hydrogens (primary N) is 1. The van der Waals surface area contributed by atoms with Gasteiger partial charge in [-0.1, -0.05) is 23.7 Å². The van der Waals surface area contributed by atoms with Crippen molar-refractivity contribution in [1.29, 1.82) is 0 Å². The number of nitrogens with zero attached hydrogens (tertiary/aromatic N) is 1. The number of rotatable bonds is 2. The third-order valence-electron chi connectivity index (χ3n) is 2.53. The highest BCUT2D eigenvalue weighted by Crippen LogP contribution is 2.33. The molecule has 4 nitrogen and oxygen atoms in total. The van der Waals surface area contributed by atoms with Gasteiger partial charge in [0, 0.05) is 11.1 Å². The highest BCUT2D eigenvalue weighted by molar-refractivity contribution is 6.30. The minimum atomic E-state index is 0.375. The molecule has 1 aromatic heterocycles. The van der Waals surface area contributed by atoms with E-state index in [0.29, 0.717) is 27.9 Å². The summed E-state index contributed by atoms with van der Waals surface area (Å²) in [7, 11) is 0. The Hall–Kier alpha value is -2.20. The van der Waals surface area contributed by atoms with Crippen molar-refractivity contribution in [2.24, 2.45) is 0 Å². The van der Waals surface area contributed by atoms with Crippen LogP contribution < -0.4 is 10.5 Å². The summed E-state index contributed by atoms with van der Waals surface area (Å²) in [5, 5.41) is 5.20. The molecule has 0 bridgehead atoms. The second-order valence-corrected chi connectivity index (χ2v) is 4.20. The number of hydrogen-bond donors (Lipinski definition) is 1. The predicted octanol–water partition coefficient (Wildman–Crippen LogP) is 3.86.